The van der Waals surface area contributed by atoms with Crippen LogP contribution < -0.4 is 5.73 Å². The number of hydrogen-bond donors (Lipinski definition) is 1. The molecular weight excluding hydrogens is 245 g/mol. The van der Waals surface area contributed by atoms with Crippen molar-refractivity contribution in [3.63, 3.8) is 0 Å². The Bertz CT molecular complexity index is 590. The van der Waals surface area contributed by atoms with E-state index in [-0.39, 0.29) is 5.82 Å². The standard InChI is InChI=1S/C14H16FN3O/c1-14(16,10-6-7-10)13-17-12(18-19-13)8-9-4-2-3-5-11(9)15/h2-5,10H,6-8,16H2,1H3. The van der Waals surface area contributed by atoms with Crippen molar-refractivity contribution in [3.8, 4) is 0 Å². The minimum absolute atomic E-state index is 0.258. The van der Waals surface area contributed by atoms with Crippen molar-refractivity contribution in [2.75, 3.05) is 0 Å². The Balaban J connectivity index is 1.80. The summed E-state index contributed by atoms with van der Waals surface area (Å²) < 4.78 is 18.8. The summed E-state index contributed by atoms with van der Waals surface area (Å²) in [6.07, 6.45) is 2.51. The second-order valence-electron chi connectivity index (χ2n) is 5.34. The predicted octanol–water partition coefficient (Wildman–Crippen LogP) is 2.38. The van der Waals surface area contributed by atoms with Gasteiger partial charge in [-0.05, 0) is 37.3 Å². The van der Waals surface area contributed by atoms with Crippen LogP contribution in [0, 0.1) is 11.7 Å². The molecule has 0 aliphatic heterocycles. The lowest BCUT2D eigenvalue weighted by Crippen LogP contribution is -2.35. The van der Waals surface area contributed by atoms with Gasteiger partial charge in [-0.2, -0.15) is 4.98 Å². The van der Waals surface area contributed by atoms with E-state index in [0.29, 0.717) is 29.6 Å². The lowest BCUT2D eigenvalue weighted by Gasteiger charge is -2.18. The molecule has 0 saturated heterocycles. The van der Waals surface area contributed by atoms with Crippen LogP contribution in [0.1, 0.15) is 37.0 Å². The zero-order chi connectivity index (χ0) is 13.5. The van der Waals surface area contributed by atoms with Gasteiger partial charge < -0.3 is 10.3 Å². The molecule has 0 spiro atoms. The molecule has 3 rings (SSSR count). The molecule has 1 unspecified atom stereocenters. The summed E-state index contributed by atoms with van der Waals surface area (Å²) >= 11 is 0. The Labute approximate surface area is 110 Å². The highest BCUT2D eigenvalue weighted by Crippen LogP contribution is 2.43. The van der Waals surface area contributed by atoms with Crippen molar-refractivity contribution in [3.05, 3.63) is 47.4 Å². The third-order valence-corrected chi connectivity index (χ3v) is 3.66. The van der Waals surface area contributed by atoms with Crippen LogP contribution in [0.2, 0.25) is 0 Å². The molecule has 1 atom stereocenters. The third-order valence-electron chi connectivity index (χ3n) is 3.66. The van der Waals surface area contributed by atoms with E-state index in [1.54, 1.807) is 18.2 Å². The molecule has 0 radical (unpaired) electrons. The Morgan fingerprint density at radius 3 is 2.84 bits per heavy atom. The van der Waals surface area contributed by atoms with Crippen molar-refractivity contribution < 1.29 is 8.91 Å². The monoisotopic (exact) mass is 261 g/mol. The number of nitrogens with two attached hydrogens (primary N) is 1. The molecule has 1 aromatic carbocycles. The molecular formula is C14H16FN3O. The molecule has 1 aliphatic carbocycles. The summed E-state index contributed by atoms with van der Waals surface area (Å²) in [5.74, 6) is 1.07. The molecule has 1 aromatic heterocycles. The number of nitrogens with zero attached hydrogens (tertiary/aromatic N) is 2. The Hall–Kier alpha value is -1.75. The normalized spacial score (nSPS) is 18.3. The molecule has 1 fully saturated rings. The number of aromatic nitrogens is 2. The maximum absolute atomic E-state index is 13.5. The first-order valence-electron chi connectivity index (χ1n) is 6.42. The van der Waals surface area contributed by atoms with Gasteiger partial charge in [-0.3, -0.25) is 0 Å². The summed E-state index contributed by atoms with van der Waals surface area (Å²) in [6.45, 7) is 1.91. The van der Waals surface area contributed by atoms with E-state index >= 15 is 0 Å². The van der Waals surface area contributed by atoms with Gasteiger partial charge in [-0.15, -0.1) is 0 Å². The number of hydrogen-bond acceptors (Lipinski definition) is 4. The average Bonchev–Trinajstić information content (AvgIpc) is 3.13. The molecule has 0 amide bonds. The highest BCUT2D eigenvalue weighted by molar-refractivity contribution is 5.21. The Morgan fingerprint density at radius 2 is 2.16 bits per heavy atom. The fraction of sp³-hybridized carbons (Fsp3) is 0.429. The number of rotatable bonds is 4. The van der Waals surface area contributed by atoms with E-state index in [1.165, 1.54) is 6.07 Å². The molecule has 1 heterocycles. The molecule has 4 nitrogen and oxygen atoms in total. The lowest BCUT2D eigenvalue weighted by molar-refractivity contribution is 0.272. The van der Waals surface area contributed by atoms with Crippen molar-refractivity contribution >= 4 is 0 Å². The maximum atomic E-state index is 13.5. The topological polar surface area (TPSA) is 64.9 Å². The van der Waals surface area contributed by atoms with Gasteiger partial charge in [0, 0.05) is 6.42 Å². The van der Waals surface area contributed by atoms with Crippen molar-refractivity contribution in [2.45, 2.75) is 31.7 Å². The molecule has 100 valence electrons. The predicted molar refractivity (Wildman–Crippen MR) is 67.8 cm³/mol. The minimum Gasteiger partial charge on any atom is -0.337 e. The van der Waals surface area contributed by atoms with E-state index < -0.39 is 5.54 Å². The maximum Gasteiger partial charge on any atom is 0.246 e. The first-order valence-corrected chi connectivity index (χ1v) is 6.42. The van der Waals surface area contributed by atoms with Crippen LogP contribution in [-0.2, 0) is 12.0 Å². The molecule has 19 heavy (non-hydrogen) atoms. The summed E-state index contributed by atoms with van der Waals surface area (Å²) in [6, 6.07) is 6.59. The van der Waals surface area contributed by atoms with Gasteiger partial charge >= 0.3 is 0 Å². The molecule has 1 aliphatic rings. The fourth-order valence-corrected chi connectivity index (χ4v) is 2.21. The van der Waals surface area contributed by atoms with Crippen LogP contribution in [0.25, 0.3) is 0 Å². The first kappa shape index (κ1) is 12.3. The van der Waals surface area contributed by atoms with Gasteiger partial charge in [-0.1, -0.05) is 23.4 Å². The molecule has 1 saturated carbocycles. The lowest BCUT2D eigenvalue weighted by atomic mass is 9.97. The van der Waals surface area contributed by atoms with E-state index in [1.807, 2.05) is 6.92 Å². The van der Waals surface area contributed by atoms with Crippen LogP contribution in [0.5, 0.6) is 0 Å². The van der Waals surface area contributed by atoms with E-state index in [2.05, 4.69) is 10.1 Å². The first-order chi connectivity index (χ1) is 9.07. The zero-order valence-electron chi connectivity index (χ0n) is 10.8. The van der Waals surface area contributed by atoms with Gasteiger partial charge in [0.05, 0.1) is 5.54 Å². The fourth-order valence-electron chi connectivity index (χ4n) is 2.21. The van der Waals surface area contributed by atoms with Crippen LogP contribution in [0.15, 0.2) is 28.8 Å². The highest BCUT2D eigenvalue weighted by Gasteiger charge is 2.43. The molecule has 2 aromatic rings. The Kier molecular flexibility index (Phi) is 2.86. The average molecular weight is 261 g/mol. The van der Waals surface area contributed by atoms with Gasteiger partial charge in [0.15, 0.2) is 5.82 Å². The number of benzene rings is 1. The third kappa shape index (κ3) is 2.38. The molecule has 0 bridgehead atoms. The minimum atomic E-state index is -0.569. The molecule has 5 heteroatoms. The summed E-state index contributed by atoms with van der Waals surface area (Å²) in [5.41, 5.74) is 6.20. The van der Waals surface area contributed by atoms with Crippen molar-refractivity contribution in [1.82, 2.24) is 10.1 Å². The number of halogens is 1. The quantitative estimate of drug-likeness (QED) is 0.917. The van der Waals surface area contributed by atoms with Crippen LogP contribution >= 0.6 is 0 Å². The molecule has 2 N–H and O–H groups in total. The second-order valence-corrected chi connectivity index (χ2v) is 5.34. The summed E-state index contributed by atoms with van der Waals surface area (Å²) in [5, 5.41) is 3.90. The highest BCUT2D eigenvalue weighted by atomic mass is 19.1. The van der Waals surface area contributed by atoms with Crippen LogP contribution in [0.3, 0.4) is 0 Å². The van der Waals surface area contributed by atoms with E-state index in [9.17, 15) is 4.39 Å². The Morgan fingerprint density at radius 1 is 1.42 bits per heavy atom. The van der Waals surface area contributed by atoms with Gasteiger partial charge in [0.1, 0.15) is 5.82 Å². The largest absolute Gasteiger partial charge is 0.337 e. The second kappa shape index (κ2) is 4.42. The summed E-state index contributed by atoms with van der Waals surface area (Å²) in [7, 11) is 0. The summed E-state index contributed by atoms with van der Waals surface area (Å²) in [4.78, 5) is 4.31. The van der Waals surface area contributed by atoms with Crippen LogP contribution in [-0.4, -0.2) is 10.1 Å². The van der Waals surface area contributed by atoms with E-state index in [0.717, 1.165) is 12.8 Å². The van der Waals surface area contributed by atoms with Crippen molar-refractivity contribution in [2.24, 2.45) is 11.7 Å². The smallest absolute Gasteiger partial charge is 0.246 e. The van der Waals surface area contributed by atoms with E-state index in [4.69, 9.17) is 10.3 Å². The van der Waals surface area contributed by atoms with Crippen LogP contribution in [0.4, 0.5) is 4.39 Å². The van der Waals surface area contributed by atoms with Gasteiger partial charge in [0.2, 0.25) is 5.89 Å². The SMILES string of the molecule is CC(N)(c1nc(Cc2ccccc2F)no1)C1CC1. The van der Waals surface area contributed by atoms with Gasteiger partial charge in [0.25, 0.3) is 0 Å². The van der Waals surface area contributed by atoms with Crippen molar-refractivity contribution in [1.29, 1.82) is 0 Å². The van der Waals surface area contributed by atoms with Gasteiger partial charge in [-0.25, -0.2) is 4.39 Å². The zero-order valence-corrected chi connectivity index (χ0v) is 10.8.